The number of alkyl halides is 3. The number of nitrogens with one attached hydrogen (secondary N) is 1. The first-order valence-corrected chi connectivity index (χ1v) is 10.3. The first-order chi connectivity index (χ1) is 15.8. The van der Waals surface area contributed by atoms with Gasteiger partial charge in [-0.25, -0.2) is 4.98 Å². The van der Waals surface area contributed by atoms with Crippen LogP contribution in [0.25, 0.3) is 11.1 Å². The third kappa shape index (κ3) is 5.79. The Labute approximate surface area is 191 Å². The van der Waals surface area contributed by atoms with Crippen LogP contribution in [0.1, 0.15) is 28.5 Å². The number of benzene rings is 1. The van der Waals surface area contributed by atoms with Crippen molar-refractivity contribution in [3.63, 3.8) is 0 Å². The van der Waals surface area contributed by atoms with Gasteiger partial charge in [-0.05, 0) is 30.2 Å². The van der Waals surface area contributed by atoms with E-state index in [1.807, 2.05) is 0 Å². The standard InChI is InChI=1S/C21H18ClF3N4O4/c22-15-3-1-13(2-4-15)16-7-14(8-27-19(16)32-11-12-5-6-31-10-12)18(30)26-9-17-28-20(29-33-17)21(23,24)25/h1-4,7-8,12H,5-6,9-11H2,(H,26,30)/t12-/m0/s1. The molecular formula is C21H18ClF3N4O4. The zero-order chi connectivity index (χ0) is 23.4. The van der Waals surface area contributed by atoms with Gasteiger partial charge in [-0.2, -0.15) is 18.2 Å². The predicted octanol–water partition coefficient (Wildman–Crippen LogP) is 4.15. The summed E-state index contributed by atoms with van der Waals surface area (Å²) in [5.41, 5.74) is 1.47. The molecule has 3 aromatic rings. The zero-order valence-corrected chi connectivity index (χ0v) is 17.8. The van der Waals surface area contributed by atoms with Crippen molar-refractivity contribution < 1.29 is 32.0 Å². The number of ether oxygens (including phenoxy) is 2. The number of pyridine rings is 1. The van der Waals surface area contributed by atoms with E-state index in [0.717, 1.165) is 12.0 Å². The number of aromatic nitrogens is 3. The van der Waals surface area contributed by atoms with Gasteiger partial charge in [-0.15, -0.1) is 0 Å². The summed E-state index contributed by atoms with van der Waals surface area (Å²) < 4.78 is 53.6. The van der Waals surface area contributed by atoms with Gasteiger partial charge in [0.15, 0.2) is 0 Å². The summed E-state index contributed by atoms with van der Waals surface area (Å²) >= 11 is 5.98. The molecule has 1 saturated heterocycles. The maximum atomic E-state index is 12.6. The monoisotopic (exact) mass is 482 g/mol. The summed E-state index contributed by atoms with van der Waals surface area (Å²) in [6.45, 7) is 1.34. The van der Waals surface area contributed by atoms with Crippen molar-refractivity contribution in [1.82, 2.24) is 20.4 Å². The van der Waals surface area contributed by atoms with Crippen LogP contribution in [0.2, 0.25) is 5.02 Å². The van der Waals surface area contributed by atoms with Crippen molar-refractivity contribution in [2.24, 2.45) is 5.92 Å². The van der Waals surface area contributed by atoms with Crippen LogP contribution >= 0.6 is 11.6 Å². The molecule has 0 bridgehead atoms. The van der Waals surface area contributed by atoms with Crippen molar-refractivity contribution in [3.05, 3.63) is 58.8 Å². The van der Waals surface area contributed by atoms with E-state index in [1.165, 1.54) is 6.20 Å². The Morgan fingerprint density at radius 2 is 2.06 bits per heavy atom. The van der Waals surface area contributed by atoms with Crippen LogP contribution in [0, 0.1) is 5.92 Å². The van der Waals surface area contributed by atoms with Crippen molar-refractivity contribution in [2.75, 3.05) is 19.8 Å². The van der Waals surface area contributed by atoms with Gasteiger partial charge in [-0.3, -0.25) is 4.79 Å². The molecule has 1 fully saturated rings. The third-order valence-corrected chi connectivity index (χ3v) is 5.12. The van der Waals surface area contributed by atoms with Gasteiger partial charge >= 0.3 is 6.18 Å². The molecule has 1 atom stereocenters. The Morgan fingerprint density at radius 3 is 2.73 bits per heavy atom. The molecule has 1 N–H and O–H groups in total. The fourth-order valence-electron chi connectivity index (χ4n) is 3.14. The SMILES string of the molecule is O=C(NCc1nc(C(F)(F)F)no1)c1cnc(OC[C@H]2CCOC2)c(-c2ccc(Cl)cc2)c1. The predicted molar refractivity (Wildman–Crippen MR) is 110 cm³/mol. The van der Waals surface area contributed by atoms with Crippen LogP contribution in [0.3, 0.4) is 0 Å². The number of carbonyl (C=O) groups is 1. The molecule has 0 spiro atoms. The summed E-state index contributed by atoms with van der Waals surface area (Å²) in [6.07, 6.45) is -2.52. The smallest absolute Gasteiger partial charge is 0.455 e. The van der Waals surface area contributed by atoms with Gasteiger partial charge in [0.2, 0.25) is 11.8 Å². The Balaban J connectivity index is 1.51. The Morgan fingerprint density at radius 1 is 1.27 bits per heavy atom. The highest BCUT2D eigenvalue weighted by molar-refractivity contribution is 6.30. The van der Waals surface area contributed by atoms with Gasteiger partial charge < -0.3 is 19.3 Å². The van der Waals surface area contributed by atoms with E-state index in [-0.39, 0.29) is 23.9 Å². The molecule has 1 amide bonds. The lowest BCUT2D eigenvalue weighted by atomic mass is 10.0. The highest BCUT2D eigenvalue weighted by atomic mass is 35.5. The summed E-state index contributed by atoms with van der Waals surface area (Å²) in [6, 6.07) is 8.52. The van der Waals surface area contributed by atoms with Crippen LogP contribution in [-0.2, 0) is 17.5 Å². The molecule has 174 valence electrons. The molecule has 3 heterocycles. The first kappa shape index (κ1) is 23.0. The molecule has 0 aliphatic carbocycles. The molecule has 4 rings (SSSR count). The van der Waals surface area contributed by atoms with Crippen molar-refractivity contribution in [2.45, 2.75) is 19.1 Å². The van der Waals surface area contributed by atoms with Gasteiger partial charge in [-0.1, -0.05) is 28.9 Å². The highest BCUT2D eigenvalue weighted by Crippen LogP contribution is 2.31. The Hall–Kier alpha value is -3.18. The summed E-state index contributed by atoms with van der Waals surface area (Å²) in [5.74, 6) is -1.77. The normalized spacial score (nSPS) is 16.1. The fourth-order valence-corrected chi connectivity index (χ4v) is 3.26. The molecule has 12 heteroatoms. The van der Waals surface area contributed by atoms with E-state index >= 15 is 0 Å². The van der Waals surface area contributed by atoms with E-state index < -0.39 is 17.9 Å². The minimum atomic E-state index is -4.73. The maximum Gasteiger partial charge on any atom is 0.455 e. The van der Waals surface area contributed by atoms with E-state index in [9.17, 15) is 18.0 Å². The van der Waals surface area contributed by atoms with Gasteiger partial charge in [0.1, 0.15) is 0 Å². The number of nitrogens with zero attached hydrogens (tertiary/aromatic N) is 3. The second-order valence-electron chi connectivity index (χ2n) is 7.32. The van der Waals surface area contributed by atoms with Crippen LogP contribution < -0.4 is 10.1 Å². The van der Waals surface area contributed by atoms with E-state index in [0.29, 0.717) is 36.3 Å². The minimum absolute atomic E-state index is 0.173. The topological polar surface area (TPSA) is 99.4 Å². The van der Waals surface area contributed by atoms with Crippen molar-refractivity contribution in [1.29, 1.82) is 0 Å². The molecule has 1 aliphatic heterocycles. The molecule has 8 nitrogen and oxygen atoms in total. The Bertz CT molecular complexity index is 1120. The van der Waals surface area contributed by atoms with E-state index in [2.05, 4.69) is 25.0 Å². The fraction of sp³-hybridized carbons (Fsp3) is 0.333. The molecule has 1 aromatic carbocycles. The molecule has 0 saturated carbocycles. The third-order valence-electron chi connectivity index (χ3n) is 4.87. The largest absolute Gasteiger partial charge is 0.477 e. The number of halogens is 4. The van der Waals surface area contributed by atoms with Crippen LogP contribution in [0.4, 0.5) is 13.2 Å². The molecule has 0 unspecified atom stereocenters. The summed E-state index contributed by atoms with van der Waals surface area (Å²) in [4.78, 5) is 20.1. The lowest BCUT2D eigenvalue weighted by molar-refractivity contribution is -0.146. The van der Waals surface area contributed by atoms with E-state index in [4.69, 9.17) is 21.1 Å². The molecule has 0 radical (unpaired) electrons. The average Bonchev–Trinajstić information content (AvgIpc) is 3.48. The van der Waals surface area contributed by atoms with Crippen molar-refractivity contribution in [3.8, 4) is 17.0 Å². The van der Waals surface area contributed by atoms with Crippen LogP contribution in [-0.4, -0.2) is 40.9 Å². The van der Waals surface area contributed by atoms with Crippen molar-refractivity contribution >= 4 is 17.5 Å². The van der Waals surface area contributed by atoms with Gasteiger partial charge in [0.05, 0.1) is 25.3 Å². The summed E-state index contributed by atoms with van der Waals surface area (Å²) in [5, 5.41) is 5.84. The number of amides is 1. The quantitative estimate of drug-likeness (QED) is 0.540. The second kappa shape index (κ2) is 9.75. The second-order valence-corrected chi connectivity index (χ2v) is 7.75. The number of rotatable bonds is 7. The maximum absolute atomic E-state index is 12.6. The number of hydrogen-bond acceptors (Lipinski definition) is 7. The van der Waals surface area contributed by atoms with Gasteiger partial charge in [0, 0.05) is 29.3 Å². The number of carbonyl (C=O) groups excluding carboxylic acids is 1. The summed E-state index contributed by atoms with van der Waals surface area (Å²) in [7, 11) is 0. The highest BCUT2D eigenvalue weighted by Gasteiger charge is 2.37. The van der Waals surface area contributed by atoms with E-state index in [1.54, 1.807) is 30.3 Å². The lowest BCUT2D eigenvalue weighted by Crippen LogP contribution is -2.23. The molecular weight excluding hydrogens is 465 g/mol. The molecule has 1 aliphatic rings. The number of hydrogen-bond donors (Lipinski definition) is 1. The van der Waals surface area contributed by atoms with Crippen LogP contribution in [0.5, 0.6) is 5.88 Å². The van der Waals surface area contributed by atoms with Crippen LogP contribution in [0.15, 0.2) is 41.1 Å². The first-order valence-electron chi connectivity index (χ1n) is 9.94. The molecule has 33 heavy (non-hydrogen) atoms. The zero-order valence-electron chi connectivity index (χ0n) is 17.1. The minimum Gasteiger partial charge on any atom is -0.477 e. The van der Waals surface area contributed by atoms with Gasteiger partial charge in [0.25, 0.3) is 11.7 Å². The Kier molecular flexibility index (Phi) is 6.80. The lowest BCUT2D eigenvalue weighted by Gasteiger charge is -2.14. The average molecular weight is 483 g/mol. The molecule has 2 aromatic heterocycles.